The Hall–Kier alpha value is -1.55. The first kappa shape index (κ1) is 11.0. The van der Waals surface area contributed by atoms with Crippen molar-refractivity contribution in [3.63, 3.8) is 0 Å². The number of aromatic nitrogens is 1. The summed E-state index contributed by atoms with van der Waals surface area (Å²) in [6.07, 6.45) is 1.84. The van der Waals surface area contributed by atoms with E-state index in [1.165, 1.54) is 4.88 Å². The zero-order chi connectivity index (χ0) is 11.4. The smallest absolute Gasteiger partial charge is 0.134 e. The Morgan fingerprint density at radius 3 is 2.94 bits per heavy atom. The summed E-state index contributed by atoms with van der Waals surface area (Å²) in [5.74, 6) is 0.942. The number of methoxy groups -OCH3 is 1. The van der Waals surface area contributed by atoms with Gasteiger partial charge in [0.1, 0.15) is 5.75 Å². The largest absolute Gasteiger partial charge is 0.496 e. The molecule has 2 aromatic rings. The molecule has 0 aliphatic rings. The van der Waals surface area contributed by atoms with Crippen LogP contribution in [0.15, 0.2) is 29.8 Å². The standard InChI is InChI=1S/C12H14N2OS/c1-9-3-4-10(7-13-9)14-8-12-11(15-2)5-6-16-12/h3-7,14H,8H2,1-2H3. The maximum Gasteiger partial charge on any atom is 0.134 e. The average Bonchev–Trinajstić information content (AvgIpc) is 2.76. The molecule has 2 heterocycles. The van der Waals surface area contributed by atoms with Gasteiger partial charge in [-0.1, -0.05) is 0 Å². The number of pyridine rings is 1. The Morgan fingerprint density at radius 2 is 2.25 bits per heavy atom. The molecule has 16 heavy (non-hydrogen) atoms. The Kier molecular flexibility index (Phi) is 3.41. The van der Waals surface area contributed by atoms with Gasteiger partial charge in [-0.3, -0.25) is 4.98 Å². The number of hydrogen-bond donors (Lipinski definition) is 1. The van der Waals surface area contributed by atoms with Gasteiger partial charge in [-0.25, -0.2) is 0 Å². The van der Waals surface area contributed by atoms with Crippen LogP contribution in [0.3, 0.4) is 0 Å². The normalized spacial score (nSPS) is 10.1. The van der Waals surface area contributed by atoms with Crippen LogP contribution in [0, 0.1) is 6.92 Å². The molecule has 0 aromatic carbocycles. The lowest BCUT2D eigenvalue weighted by atomic mass is 10.3. The van der Waals surface area contributed by atoms with Crippen molar-refractivity contribution >= 4 is 17.0 Å². The summed E-state index contributed by atoms with van der Waals surface area (Å²) in [5.41, 5.74) is 2.06. The van der Waals surface area contributed by atoms with Gasteiger partial charge >= 0.3 is 0 Å². The van der Waals surface area contributed by atoms with E-state index in [-0.39, 0.29) is 0 Å². The molecule has 3 nitrogen and oxygen atoms in total. The maximum atomic E-state index is 5.25. The van der Waals surface area contributed by atoms with Crippen molar-refractivity contribution in [2.75, 3.05) is 12.4 Å². The van der Waals surface area contributed by atoms with Crippen LogP contribution in [0.5, 0.6) is 5.75 Å². The summed E-state index contributed by atoms with van der Waals surface area (Å²) in [7, 11) is 1.69. The first-order chi connectivity index (χ1) is 7.79. The van der Waals surface area contributed by atoms with Crippen LogP contribution in [-0.2, 0) is 6.54 Å². The second-order valence-electron chi connectivity index (χ2n) is 3.45. The van der Waals surface area contributed by atoms with Crippen molar-refractivity contribution in [3.8, 4) is 5.75 Å². The van der Waals surface area contributed by atoms with E-state index in [4.69, 9.17) is 4.74 Å². The quantitative estimate of drug-likeness (QED) is 0.882. The molecule has 2 rings (SSSR count). The molecule has 4 heteroatoms. The van der Waals surface area contributed by atoms with Gasteiger partial charge in [-0.05, 0) is 30.5 Å². The van der Waals surface area contributed by atoms with E-state index in [2.05, 4.69) is 10.3 Å². The van der Waals surface area contributed by atoms with E-state index < -0.39 is 0 Å². The van der Waals surface area contributed by atoms with Crippen molar-refractivity contribution in [2.24, 2.45) is 0 Å². The number of rotatable bonds is 4. The molecule has 1 N–H and O–H groups in total. The van der Waals surface area contributed by atoms with Crippen LogP contribution in [0.1, 0.15) is 10.6 Å². The summed E-state index contributed by atoms with van der Waals surface area (Å²) in [5, 5.41) is 5.35. The minimum atomic E-state index is 0.769. The Bertz CT molecular complexity index is 450. The molecule has 0 aliphatic carbocycles. The van der Waals surface area contributed by atoms with Crippen LogP contribution in [-0.4, -0.2) is 12.1 Å². The Balaban J connectivity index is 1.99. The highest BCUT2D eigenvalue weighted by Gasteiger charge is 2.03. The van der Waals surface area contributed by atoms with Crippen molar-refractivity contribution in [1.29, 1.82) is 0 Å². The lowest BCUT2D eigenvalue weighted by Gasteiger charge is -2.06. The van der Waals surface area contributed by atoms with E-state index in [1.807, 2.05) is 36.7 Å². The number of aryl methyl sites for hydroxylation is 1. The van der Waals surface area contributed by atoms with E-state index in [9.17, 15) is 0 Å². The molecule has 0 saturated heterocycles. The fraction of sp³-hybridized carbons (Fsp3) is 0.250. The van der Waals surface area contributed by atoms with Gasteiger partial charge in [0, 0.05) is 5.69 Å². The fourth-order valence-electron chi connectivity index (χ4n) is 1.39. The SMILES string of the molecule is COc1ccsc1CNc1ccc(C)nc1. The topological polar surface area (TPSA) is 34.1 Å². The zero-order valence-electron chi connectivity index (χ0n) is 9.36. The number of nitrogens with one attached hydrogen (secondary N) is 1. The van der Waals surface area contributed by atoms with Gasteiger partial charge in [0.2, 0.25) is 0 Å². The highest BCUT2D eigenvalue weighted by Crippen LogP contribution is 2.25. The van der Waals surface area contributed by atoms with Crippen LogP contribution in [0.4, 0.5) is 5.69 Å². The second kappa shape index (κ2) is 4.99. The number of thiophene rings is 1. The molecule has 0 radical (unpaired) electrons. The molecule has 2 aromatic heterocycles. The van der Waals surface area contributed by atoms with Gasteiger partial charge in [-0.15, -0.1) is 11.3 Å². The van der Waals surface area contributed by atoms with Crippen molar-refractivity contribution < 1.29 is 4.74 Å². The molecule has 0 spiro atoms. The van der Waals surface area contributed by atoms with E-state index >= 15 is 0 Å². The van der Waals surface area contributed by atoms with Crippen LogP contribution >= 0.6 is 11.3 Å². The molecule has 0 bridgehead atoms. The molecule has 0 unspecified atom stereocenters. The van der Waals surface area contributed by atoms with Crippen molar-refractivity contribution in [3.05, 3.63) is 40.3 Å². The zero-order valence-corrected chi connectivity index (χ0v) is 10.2. The number of hydrogen-bond acceptors (Lipinski definition) is 4. The monoisotopic (exact) mass is 234 g/mol. The first-order valence-electron chi connectivity index (χ1n) is 5.06. The van der Waals surface area contributed by atoms with Gasteiger partial charge < -0.3 is 10.1 Å². The van der Waals surface area contributed by atoms with E-state index in [1.54, 1.807) is 18.4 Å². The van der Waals surface area contributed by atoms with Crippen LogP contribution in [0.25, 0.3) is 0 Å². The minimum Gasteiger partial charge on any atom is -0.496 e. The number of ether oxygens (including phenoxy) is 1. The highest BCUT2D eigenvalue weighted by atomic mass is 32.1. The van der Waals surface area contributed by atoms with Gasteiger partial charge in [0.05, 0.1) is 30.4 Å². The summed E-state index contributed by atoms with van der Waals surface area (Å²) in [6, 6.07) is 6.01. The third-order valence-corrected chi connectivity index (χ3v) is 3.19. The van der Waals surface area contributed by atoms with E-state index in [0.29, 0.717) is 0 Å². The molecule has 0 saturated carbocycles. The predicted molar refractivity (Wildman–Crippen MR) is 67.2 cm³/mol. The third-order valence-electron chi connectivity index (χ3n) is 2.29. The third kappa shape index (κ3) is 2.52. The fourth-order valence-corrected chi connectivity index (χ4v) is 2.17. The lowest BCUT2D eigenvalue weighted by Crippen LogP contribution is -1.99. The molecule has 0 atom stereocenters. The molecule has 0 amide bonds. The molecular formula is C12H14N2OS. The number of nitrogens with zero attached hydrogens (tertiary/aromatic N) is 1. The second-order valence-corrected chi connectivity index (χ2v) is 4.45. The molecular weight excluding hydrogens is 220 g/mol. The molecule has 0 aliphatic heterocycles. The molecule has 0 fully saturated rings. The number of anilines is 1. The summed E-state index contributed by atoms with van der Waals surface area (Å²) in [4.78, 5) is 5.43. The Labute approximate surface area is 99.1 Å². The van der Waals surface area contributed by atoms with Crippen LogP contribution < -0.4 is 10.1 Å². The average molecular weight is 234 g/mol. The summed E-state index contributed by atoms with van der Waals surface area (Å²) in [6.45, 7) is 2.75. The maximum absolute atomic E-state index is 5.25. The van der Waals surface area contributed by atoms with Crippen molar-refractivity contribution in [2.45, 2.75) is 13.5 Å². The summed E-state index contributed by atoms with van der Waals surface area (Å²) < 4.78 is 5.25. The van der Waals surface area contributed by atoms with Gasteiger partial charge in [0.25, 0.3) is 0 Å². The predicted octanol–water partition coefficient (Wildman–Crippen LogP) is 3.07. The summed E-state index contributed by atoms with van der Waals surface area (Å²) >= 11 is 1.69. The minimum absolute atomic E-state index is 0.769. The van der Waals surface area contributed by atoms with Crippen LogP contribution in [0.2, 0.25) is 0 Å². The lowest BCUT2D eigenvalue weighted by molar-refractivity contribution is 0.413. The highest BCUT2D eigenvalue weighted by molar-refractivity contribution is 7.10. The van der Waals surface area contributed by atoms with Gasteiger partial charge in [-0.2, -0.15) is 0 Å². The molecule has 84 valence electrons. The first-order valence-corrected chi connectivity index (χ1v) is 5.94. The van der Waals surface area contributed by atoms with E-state index in [0.717, 1.165) is 23.7 Å². The van der Waals surface area contributed by atoms with Gasteiger partial charge in [0.15, 0.2) is 0 Å². The Morgan fingerprint density at radius 1 is 1.38 bits per heavy atom. The van der Waals surface area contributed by atoms with Crippen molar-refractivity contribution in [1.82, 2.24) is 4.98 Å².